The number of aromatic nitrogens is 1. The number of para-hydroxylation sites is 3. The second kappa shape index (κ2) is 12.4. The first-order chi connectivity index (χ1) is 28.2. The highest BCUT2D eigenvalue weighted by Crippen LogP contribution is 2.38. The molecule has 1 N–H and O–H groups in total. The van der Waals surface area contributed by atoms with Crippen LogP contribution in [0.1, 0.15) is 22.9 Å². The molecule has 8 aromatic carbocycles. The van der Waals surface area contributed by atoms with E-state index in [1.807, 2.05) is 48.5 Å². The lowest BCUT2D eigenvalue weighted by atomic mass is 10.0. The van der Waals surface area contributed by atoms with Gasteiger partial charge in [-0.25, -0.2) is 9.98 Å². The molecular weight excluding hydrogens is 701 g/mol. The molecule has 0 saturated heterocycles. The summed E-state index contributed by atoms with van der Waals surface area (Å²) < 4.78 is 15.3. The number of hydrogen-bond donors (Lipinski definition) is 1. The molecule has 12 rings (SSSR count). The van der Waals surface area contributed by atoms with Crippen molar-refractivity contribution in [2.24, 2.45) is 9.98 Å². The monoisotopic (exact) mass is 732 g/mol. The van der Waals surface area contributed by atoms with Gasteiger partial charge >= 0.3 is 0 Å². The van der Waals surface area contributed by atoms with Crippen molar-refractivity contribution < 1.29 is 8.83 Å². The summed E-state index contributed by atoms with van der Waals surface area (Å²) >= 11 is 0. The Kier molecular flexibility index (Phi) is 6.89. The Morgan fingerprint density at radius 1 is 0.456 bits per heavy atom. The predicted octanol–water partition coefficient (Wildman–Crippen LogP) is 12.7. The van der Waals surface area contributed by atoms with Gasteiger partial charge in [-0.3, -0.25) is 0 Å². The number of hydrogen-bond acceptors (Lipinski definition) is 5. The van der Waals surface area contributed by atoms with Gasteiger partial charge in [0.05, 0.1) is 16.6 Å². The van der Waals surface area contributed by atoms with Crippen LogP contribution in [0.15, 0.2) is 201 Å². The molecule has 6 heteroatoms. The van der Waals surface area contributed by atoms with Crippen molar-refractivity contribution in [2.75, 3.05) is 0 Å². The van der Waals surface area contributed by atoms with Gasteiger partial charge in [0.25, 0.3) is 0 Å². The molecule has 1 atom stereocenters. The van der Waals surface area contributed by atoms with Crippen molar-refractivity contribution in [2.45, 2.75) is 6.17 Å². The van der Waals surface area contributed by atoms with E-state index < -0.39 is 0 Å². The fraction of sp³-hybridized carbons (Fsp3) is 0.0196. The van der Waals surface area contributed by atoms with Crippen molar-refractivity contribution in [3.8, 4) is 16.8 Å². The fourth-order valence-electron chi connectivity index (χ4n) is 8.56. The molecule has 0 aliphatic carbocycles. The maximum absolute atomic E-state index is 6.47. The second-order valence-electron chi connectivity index (χ2n) is 14.6. The minimum atomic E-state index is -0.354. The second-order valence-corrected chi connectivity index (χ2v) is 14.6. The first-order valence-electron chi connectivity index (χ1n) is 19.2. The van der Waals surface area contributed by atoms with Crippen molar-refractivity contribution in [3.05, 3.63) is 199 Å². The maximum Gasteiger partial charge on any atom is 0.163 e. The van der Waals surface area contributed by atoms with E-state index in [4.69, 9.17) is 18.8 Å². The van der Waals surface area contributed by atoms with Crippen LogP contribution in [0, 0.1) is 0 Å². The third-order valence-corrected chi connectivity index (χ3v) is 11.3. The van der Waals surface area contributed by atoms with E-state index >= 15 is 0 Å². The molecule has 57 heavy (non-hydrogen) atoms. The fourth-order valence-corrected chi connectivity index (χ4v) is 8.56. The number of amidine groups is 2. The molecule has 0 fully saturated rings. The van der Waals surface area contributed by atoms with E-state index in [-0.39, 0.29) is 6.17 Å². The Labute approximate surface area is 326 Å². The number of benzene rings is 8. The van der Waals surface area contributed by atoms with Crippen LogP contribution >= 0.6 is 0 Å². The highest BCUT2D eigenvalue weighted by Gasteiger charge is 2.24. The number of nitrogens with zero attached hydrogens (tertiary/aromatic N) is 3. The molecule has 11 aromatic rings. The van der Waals surface area contributed by atoms with Crippen molar-refractivity contribution >= 4 is 77.4 Å². The van der Waals surface area contributed by atoms with Crippen LogP contribution in [0.25, 0.3) is 82.5 Å². The van der Waals surface area contributed by atoms with E-state index in [0.717, 1.165) is 83.1 Å². The summed E-state index contributed by atoms with van der Waals surface area (Å²) in [7, 11) is 0. The van der Waals surface area contributed by atoms with Crippen molar-refractivity contribution in [3.63, 3.8) is 0 Å². The summed E-state index contributed by atoms with van der Waals surface area (Å²) in [5.74, 6) is 1.34. The first kappa shape index (κ1) is 31.6. The van der Waals surface area contributed by atoms with Crippen LogP contribution in [-0.2, 0) is 0 Å². The Hall–Kier alpha value is -7.70. The van der Waals surface area contributed by atoms with Gasteiger partial charge in [0.1, 0.15) is 34.3 Å². The molecule has 1 unspecified atom stereocenters. The Morgan fingerprint density at radius 2 is 1.14 bits per heavy atom. The van der Waals surface area contributed by atoms with Gasteiger partial charge in [-0.1, -0.05) is 121 Å². The normalized spacial score (nSPS) is 14.5. The Morgan fingerprint density at radius 3 is 2.02 bits per heavy atom. The minimum absolute atomic E-state index is 0.354. The first-order valence-corrected chi connectivity index (χ1v) is 19.2. The molecule has 3 aromatic heterocycles. The summed E-state index contributed by atoms with van der Waals surface area (Å²) in [6.07, 6.45) is -0.354. The average Bonchev–Trinajstić information content (AvgIpc) is 3.95. The molecular formula is C51H32N4O2. The largest absolute Gasteiger partial charge is 0.456 e. The van der Waals surface area contributed by atoms with Gasteiger partial charge in [0.2, 0.25) is 0 Å². The Balaban J connectivity index is 1.02. The number of fused-ring (bicyclic) bond motifs is 9. The number of rotatable bonds is 5. The zero-order chi connectivity index (χ0) is 37.5. The van der Waals surface area contributed by atoms with Crippen LogP contribution in [-0.4, -0.2) is 16.2 Å². The summed E-state index contributed by atoms with van der Waals surface area (Å²) in [5.41, 5.74) is 11.8. The average molecular weight is 733 g/mol. The van der Waals surface area contributed by atoms with E-state index in [1.54, 1.807) is 0 Å². The van der Waals surface area contributed by atoms with Gasteiger partial charge in [-0.05, 0) is 77.4 Å². The lowest BCUT2D eigenvalue weighted by molar-refractivity contribution is 0.663. The number of aliphatic imine (C=N–C) groups is 2. The van der Waals surface area contributed by atoms with Gasteiger partial charge in [-0.15, -0.1) is 0 Å². The van der Waals surface area contributed by atoms with Gasteiger partial charge in [0, 0.05) is 43.6 Å². The van der Waals surface area contributed by atoms with Crippen molar-refractivity contribution in [1.29, 1.82) is 0 Å². The number of furan rings is 2. The third-order valence-electron chi connectivity index (χ3n) is 11.3. The van der Waals surface area contributed by atoms with Gasteiger partial charge in [0.15, 0.2) is 5.84 Å². The highest BCUT2D eigenvalue weighted by molar-refractivity contribution is 6.20. The smallest absolute Gasteiger partial charge is 0.163 e. The van der Waals surface area contributed by atoms with Crippen LogP contribution in [0.4, 0.5) is 0 Å². The van der Waals surface area contributed by atoms with E-state index in [9.17, 15) is 0 Å². The zero-order valence-electron chi connectivity index (χ0n) is 30.6. The molecule has 0 radical (unpaired) electrons. The molecule has 0 bridgehead atoms. The SMILES string of the molecule is c1ccc(-c2ccc3c4ccccc4n(-c4ccc5oc6ccc(C7=NC(c8cccc9c8oc8ccccc89)=NC(c8ccccc8)N7)cc6c5c4)c3c2)cc1. The maximum atomic E-state index is 6.47. The van der Waals surface area contributed by atoms with E-state index in [1.165, 1.54) is 21.9 Å². The Bertz CT molecular complexity index is 3440. The standard InChI is InChI=1S/C51H32N4O2/c1-3-12-31(13-4-1)33-22-25-37-36-16-7-9-20-43(36)55(44(37)29-33)35-24-27-47-42(30-35)41-28-34(23-26-46(41)56-47)50-52-49(32-14-5-2-6-15-32)53-51(54-50)40-19-11-18-39-38-17-8-10-21-45(38)57-48(39)40/h1-30,49H,(H,52,53,54). The molecule has 4 heterocycles. The summed E-state index contributed by atoms with van der Waals surface area (Å²) in [6.45, 7) is 0. The summed E-state index contributed by atoms with van der Waals surface area (Å²) in [6, 6.07) is 63.4. The highest BCUT2D eigenvalue weighted by atomic mass is 16.3. The summed E-state index contributed by atoms with van der Waals surface area (Å²) in [5, 5.41) is 10.3. The van der Waals surface area contributed by atoms with Gasteiger partial charge in [-0.2, -0.15) is 0 Å². The predicted molar refractivity (Wildman–Crippen MR) is 233 cm³/mol. The molecule has 268 valence electrons. The molecule has 0 spiro atoms. The van der Waals surface area contributed by atoms with Crippen LogP contribution in [0.2, 0.25) is 0 Å². The van der Waals surface area contributed by atoms with Crippen molar-refractivity contribution in [1.82, 2.24) is 9.88 Å². The van der Waals surface area contributed by atoms with Gasteiger partial charge < -0.3 is 18.7 Å². The lowest BCUT2D eigenvalue weighted by Crippen LogP contribution is -2.33. The molecule has 1 aliphatic heterocycles. The summed E-state index contributed by atoms with van der Waals surface area (Å²) in [4.78, 5) is 10.4. The zero-order valence-corrected chi connectivity index (χ0v) is 30.6. The van der Waals surface area contributed by atoms with E-state index in [2.05, 4.69) is 143 Å². The third kappa shape index (κ3) is 5.04. The molecule has 6 nitrogen and oxygen atoms in total. The van der Waals surface area contributed by atoms with Crippen LogP contribution < -0.4 is 5.32 Å². The lowest BCUT2D eigenvalue weighted by Gasteiger charge is -2.23. The minimum Gasteiger partial charge on any atom is -0.456 e. The molecule has 0 amide bonds. The molecule has 0 saturated carbocycles. The van der Waals surface area contributed by atoms with E-state index in [0.29, 0.717) is 5.84 Å². The molecule has 1 aliphatic rings. The number of nitrogens with one attached hydrogen (secondary N) is 1. The quantitative estimate of drug-likeness (QED) is 0.192. The topological polar surface area (TPSA) is 68.0 Å². The van der Waals surface area contributed by atoms with Crippen LogP contribution in [0.3, 0.4) is 0 Å². The van der Waals surface area contributed by atoms with Crippen LogP contribution in [0.5, 0.6) is 0 Å².